The van der Waals surface area contributed by atoms with E-state index in [4.69, 9.17) is 12.2 Å². The standard InChI is InChI=1S/C19H22FN3S/c20-16-5-4-6-18(13-16)22-19(24)21-17-9-7-15(8-10-17)14-23-11-2-1-3-12-23/h4-10,13H,1-3,11-12,14H2,(H2,21,22,24)/p+1. The Hall–Kier alpha value is -1.98. The van der Waals surface area contributed by atoms with Crippen LogP contribution in [0.4, 0.5) is 15.8 Å². The van der Waals surface area contributed by atoms with Gasteiger partial charge in [-0.1, -0.05) is 18.2 Å². The summed E-state index contributed by atoms with van der Waals surface area (Å²) in [5.74, 6) is -0.285. The predicted molar refractivity (Wildman–Crippen MR) is 101 cm³/mol. The topological polar surface area (TPSA) is 28.5 Å². The molecule has 3 nitrogen and oxygen atoms in total. The summed E-state index contributed by atoms with van der Waals surface area (Å²) in [5, 5.41) is 6.57. The number of hydrogen-bond donors (Lipinski definition) is 3. The van der Waals surface area contributed by atoms with Crippen LogP contribution in [0.5, 0.6) is 0 Å². The lowest BCUT2D eigenvalue weighted by atomic mass is 10.1. The van der Waals surface area contributed by atoms with E-state index in [-0.39, 0.29) is 5.82 Å². The summed E-state index contributed by atoms with van der Waals surface area (Å²) in [6, 6.07) is 14.6. The van der Waals surface area contributed by atoms with E-state index in [2.05, 4.69) is 22.8 Å². The molecule has 5 heteroatoms. The van der Waals surface area contributed by atoms with Crippen molar-refractivity contribution in [1.29, 1.82) is 0 Å². The highest BCUT2D eigenvalue weighted by atomic mass is 32.1. The summed E-state index contributed by atoms with van der Waals surface area (Å²) in [4.78, 5) is 1.67. The third-order valence-corrected chi connectivity index (χ3v) is 4.51. The first-order valence-electron chi connectivity index (χ1n) is 8.45. The molecule has 1 fully saturated rings. The van der Waals surface area contributed by atoms with E-state index < -0.39 is 0 Å². The Morgan fingerprint density at radius 1 is 0.958 bits per heavy atom. The van der Waals surface area contributed by atoms with Gasteiger partial charge >= 0.3 is 0 Å². The molecule has 0 aromatic heterocycles. The van der Waals surface area contributed by atoms with E-state index >= 15 is 0 Å². The SMILES string of the molecule is Fc1cccc(NC(=S)Nc2ccc(C[NH+]3CCCCC3)cc2)c1. The first-order chi connectivity index (χ1) is 11.7. The zero-order chi connectivity index (χ0) is 16.8. The van der Waals surface area contributed by atoms with Crippen molar-refractivity contribution < 1.29 is 9.29 Å². The molecule has 0 amide bonds. The highest BCUT2D eigenvalue weighted by Gasteiger charge is 2.13. The van der Waals surface area contributed by atoms with E-state index in [9.17, 15) is 4.39 Å². The quantitative estimate of drug-likeness (QED) is 0.744. The average Bonchev–Trinajstić information content (AvgIpc) is 2.57. The first kappa shape index (κ1) is 16.9. The van der Waals surface area contributed by atoms with Crippen LogP contribution in [-0.4, -0.2) is 18.2 Å². The van der Waals surface area contributed by atoms with Crippen LogP contribution in [0.15, 0.2) is 48.5 Å². The Kier molecular flexibility index (Phi) is 5.77. The smallest absolute Gasteiger partial charge is 0.175 e. The molecule has 0 unspecified atom stereocenters. The maximum Gasteiger partial charge on any atom is 0.175 e. The minimum atomic E-state index is -0.285. The van der Waals surface area contributed by atoms with Crippen LogP contribution in [0.3, 0.4) is 0 Å². The third-order valence-electron chi connectivity index (χ3n) is 4.31. The summed E-state index contributed by atoms with van der Waals surface area (Å²) in [7, 11) is 0. The van der Waals surface area contributed by atoms with Gasteiger partial charge in [-0.25, -0.2) is 4.39 Å². The fourth-order valence-corrected chi connectivity index (χ4v) is 3.32. The number of benzene rings is 2. The van der Waals surface area contributed by atoms with Gasteiger partial charge < -0.3 is 15.5 Å². The number of thiocarbonyl (C=S) groups is 1. The van der Waals surface area contributed by atoms with E-state index in [0.29, 0.717) is 10.8 Å². The third kappa shape index (κ3) is 5.01. The predicted octanol–water partition coefficient (Wildman–Crippen LogP) is 3.20. The van der Waals surface area contributed by atoms with Gasteiger partial charge in [0.15, 0.2) is 5.11 Å². The molecule has 24 heavy (non-hydrogen) atoms. The van der Waals surface area contributed by atoms with E-state index in [0.717, 1.165) is 12.2 Å². The van der Waals surface area contributed by atoms with Crippen LogP contribution in [0, 0.1) is 5.82 Å². The normalized spacial score (nSPS) is 15.0. The summed E-state index contributed by atoms with van der Waals surface area (Å²) < 4.78 is 13.2. The number of rotatable bonds is 4. The van der Waals surface area contributed by atoms with Gasteiger partial charge in [-0.15, -0.1) is 0 Å². The lowest BCUT2D eigenvalue weighted by molar-refractivity contribution is -0.918. The molecule has 0 radical (unpaired) electrons. The van der Waals surface area contributed by atoms with Crippen molar-refractivity contribution in [2.45, 2.75) is 25.8 Å². The van der Waals surface area contributed by atoms with Crippen molar-refractivity contribution >= 4 is 28.7 Å². The van der Waals surface area contributed by atoms with Crippen LogP contribution in [0.25, 0.3) is 0 Å². The molecule has 2 aromatic rings. The van der Waals surface area contributed by atoms with Crippen LogP contribution in [0.1, 0.15) is 24.8 Å². The molecule has 0 aliphatic carbocycles. The second-order valence-corrected chi connectivity index (χ2v) is 6.68. The Morgan fingerprint density at radius 2 is 1.67 bits per heavy atom. The van der Waals surface area contributed by atoms with Crippen molar-refractivity contribution in [3.05, 3.63) is 59.9 Å². The fourth-order valence-electron chi connectivity index (χ4n) is 3.08. The molecule has 0 bridgehead atoms. The Bertz CT molecular complexity index is 681. The first-order valence-corrected chi connectivity index (χ1v) is 8.86. The van der Waals surface area contributed by atoms with Gasteiger partial charge in [0.25, 0.3) is 0 Å². The molecule has 0 atom stereocenters. The molecule has 1 aliphatic rings. The molecule has 1 saturated heterocycles. The highest BCUT2D eigenvalue weighted by molar-refractivity contribution is 7.80. The van der Waals surface area contributed by atoms with Gasteiger partial charge in [-0.05, 0) is 61.8 Å². The minimum absolute atomic E-state index is 0.285. The number of anilines is 2. The number of likely N-dealkylation sites (tertiary alicyclic amines) is 1. The molecule has 3 rings (SSSR count). The molecular weight excluding hydrogens is 321 g/mol. The molecule has 2 aromatic carbocycles. The van der Waals surface area contributed by atoms with Crippen molar-refractivity contribution in [3.8, 4) is 0 Å². The summed E-state index contributed by atoms with van der Waals surface area (Å²) in [6.45, 7) is 3.65. The molecule has 0 spiro atoms. The second kappa shape index (κ2) is 8.22. The molecule has 0 saturated carbocycles. The van der Waals surface area contributed by atoms with Crippen LogP contribution in [0.2, 0.25) is 0 Å². The highest BCUT2D eigenvalue weighted by Crippen LogP contribution is 2.12. The monoisotopic (exact) mass is 344 g/mol. The molecule has 1 aliphatic heterocycles. The second-order valence-electron chi connectivity index (χ2n) is 6.27. The van der Waals surface area contributed by atoms with Gasteiger partial charge in [0, 0.05) is 16.9 Å². The van der Waals surface area contributed by atoms with Crippen molar-refractivity contribution in [3.63, 3.8) is 0 Å². The van der Waals surface area contributed by atoms with Gasteiger partial charge in [0.05, 0.1) is 13.1 Å². The van der Waals surface area contributed by atoms with Gasteiger partial charge in [0.2, 0.25) is 0 Å². The zero-order valence-corrected chi connectivity index (χ0v) is 14.5. The van der Waals surface area contributed by atoms with Gasteiger partial charge in [-0.3, -0.25) is 0 Å². The van der Waals surface area contributed by atoms with E-state index in [1.54, 1.807) is 17.0 Å². The van der Waals surface area contributed by atoms with Gasteiger partial charge in [0.1, 0.15) is 12.4 Å². The van der Waals surface area contributed by atoms with Crippen LogP contribution < -0.4 is 15.5 Å². The zero-order valence-electron chi connectivity index (χ0n) is 13.6. The largest absolute Gasteiger partial charge is 0.332 e. The van der Waals surface area contributed by atoms with Crippen molar-refractivity contribution in [1.82, 2.24) is 0 Å². The van der Waals surface area contributed by atoms with Crippen molar-refractivity contribution in [2.24, 2.45) is 0 Å². The van der Waals surface area contributed by atoms with Gasteiger partial charge in [-0.2, -0.15) is 0 Å². The average molecular weight is 344 g/mol. The van der Waals surface area contributed by atoms with Crippen LogP contribution in [-0.2, 0) is 6.54 Å². The Balaban J connectivity index is 1.52. The number of halogens is 1. The minimum Gasteiger partial charge on any atom is -0.332 e. The van der Waals surface area contributed by atoms with E-state index in [1.807, 2.05) is 12.1 Å². The lowest BCUT2D eigenvalue weighted by Gasteiger charge is -2.23. The maximum atomic E-state index is 13.2. The van der Waals surface area contributed by atoms with Crippen LogP contribution >= 0.6 is 12.2 Å². The summed E-state index contributed by atoms with van der Waals surface area (Å²) >= 11 is 5.28. The Labute approximate surface area is 147 Å². The fraction of sp³-hybridized carbons (Fsp3) is 0.316. The van der Waals surface area contributed by atoms with E-state index in [1.165, 1.54) is 50.0 Å². The molecular formula is C19H23FN3S+. The molecule has 1 heterocycles. The number of hydrogen-bond acceptors (Lipinski definition) is 1. The summed E-state index contributed by atoms with van der Waals surface area (Å²) in [5.41, 5.74) is 2.92. The van der Waals surface area contributed by atoms with Crippen molar-refractivity contribution in [2.75, 3.05) is 23.7 Å². The maximum absolute atomic E-state index is 13.2. The number of nitrogens with one attached hydrogen (secondary N) is 3. The molecule has 3 N–H and O–H groups in total. The summed E-state index contributed by atoms with van der Waals surface area (Å²) in [6.07, 6.45) is 4.06. The number of piperidine rings is 1. The lowest BCUT2D eigenvalue weighted by Crippen LogP contribution is -3.11. The number of quaternary nitrogens is 1. The molecule has 126 valence electrons. The Morgan fingerprint density at radius 3 is 2.38 bits per heavy atom.